The first kappa shape index (κ1) is 17.3. The first-order chi connectivity index (χ1) is 10.4. The number of hydrogen-bond donors (Lipinski definition) is 1. The van der Waals surface area contributed by atoms with Crippen LogP contribution in [0, 0.1) is 5.92 Å². The zero-order valence-electron chi connectivity index (χ0n) is 13.1. The van der Waals surface area contributed by atoms with E-state index >= 15 is 0 Å². The highest BCUT2D eigenvalue weighted by Crippen LogP contribution is 2.20. The molecule has 2 rings (SSSR count). The third-order valence-electron chi connectivity index (χ3n) is 3.80. The van der Waals surface area contributed by atoms with Crippen molar-refractivity contribution in [3.8, 4) is 0 Å². The molecule has 22 heavy (non-hydrogen) atoms. The fourth-order valence-electron chi connectivity index (χ4n) is 2.71. The molecule has 5 nitrogen and oxygen atoms in total. The Balaban J connectivity index is 1.80. The number of rotatable bonds is 5. The number of piperidine rings is 1. The Bertz CT molecular complexity index is 574. The van der Waals surface area contributed by atoms with Gasteiger partial charge in [-0.25, -0.2) is 13.2 Å². The molecule has 1 fully saturated rings. The molecular formula is C15H24N2O3S2. The molecule has 1 saturated heterocycles. The van der Waals surface area contributed by atoms with E-state index in [1.54, 1.807) is 16.2 Å². The Morgan fingerprint density at radius 3 is 2.64 bits per heavy atom. The largest absolute Gasteiger partial charge is 0.333 e. The van der Waals surface area contributed by atoms with Gasteiger partial charge in [0.1, 0.15) is 0 Å². The van der Waals surface area contributed by atoms with Gasteiger partial charge >= 0.3 is 6.03 Å². The van der Waals surface area contributed by atoms with Crippen LogP contribution >= 0.6 is 11.3 Å². The molecule has 2 amide bonds. The van der Waals surface area contributed by atoms with Crippen molar-refractivity contribution in [2.24, 2.45) is 5.92 Å². The SMILES string of the molecule is CC(C)CS(=O)(=O)C1CCN(C(=O)NCc2cccs2)CC1. The summed E-state index contributed by atoms with van der Waals surface area (Å²) < 4.78 is 24.5. The smallest absolute Gasteiger partial charge is 0.317 e. The van der Waals surface area contributed by atoms with Crippen LogP contribution in [0.5, 0.6) is 0 Å². The predicted octanol–water partition coefficient (Wildman–Crippen LogP) is 2.49. The van der Waals surface area contributed by atoms with Crippen molar-refractivity contribution in [3.63, 3.8) is 0 Å². The standard InChI is InChI=1S/C15H24N2O3S2/c1-12(2)11-22(19,20)14-5-7-17(8-6-14)15(18)16-10-13-4-3-9-21-13/h3-4,9,12,14H,5-8,10-11H2,1-2H3,(H,16,18). The van der Waals surface area contributed by atoms with Crippen molar-refractivity contribution in [2.45, 2.75) is 38.5 Å². The normalized spacial score (nSPS) is 17.0. The van der Waals surface area contributed by atoms with Crippen LogP contribution < -0.4 is 5.32 Å². The minimum atomic E-state index is -3.04. The van der Waals surface area contributed by atoms with Gasteiger partial charge in [0.25, 0.3) is 0 Å². The van der Waals surface area contributed by atoms with Gasteiger partial charge in [-0.1, -0.05) is 19.9 Å². The average Bonchev–Trinajstić information content (AvgIpc) is 2.97. The second kappa shape index (κ2) is 7.46. The van der Waals surface area contributed by atoms with Crippen LogP contribution in [0.4, 0.5) is 4.79 Å². The number of urea groups is 1. The summed E-state index contributed by atoms with van der Waals surface area (Å²) in [4.78, 5) is 14.9. The van der Waals surface area contributed by atoms with Crippen LogP contribution in [0.1, 0.15) is 31.6 Å². The lowest BCUT2D eigenvalue weighted by atomic mass is 10.1. The lowest BCUT2D eigenvalue weighted by Gasteiger charge is -2.32. The summed E-state index contributed by atoms with van der Waals surface area (Å²) in [6.07, 6.45) is 1.09. The molecule has 0 saturated carbocycles. The number of nitrogens with one attached hydrogen (secondary N) is 1. The molecule has 1 aromatic heterocycles. The highest BCUT2D eigenvalue weighted by molar-refractivity contribution is 7.92. The van der Waals surface area contributed by atoms with E-state index in [9.17, 15) is 13.2 Å². The first-order valence-electron chi connectivity index (χ1n) is 7.65. The number of sulfone groups is 1. The second-order valence-electron chi connectivity index (χ2n) is 6.15. The monoisotopic (exact) mass is 344 g/mol. The van der Waals surface area contributed by atoms with Gasteiger partial charge in [0.2, 0.25) is 0 Å². The number of nitrogens with zero attached hydrogens (tertiary/aromatic N) is 1. The van der Waals surface area contributed by atoms with Crippen molar-refractivity contribution in [2.75, 3.05) is 18.8 Å². The fourth-order valence-corrected chi connectivity index (χ4v) is 5.48. The van der Waals surface area contributed by atoms with Gasteiger partial charge in [-0.3, -0.25) is 0 Å². The van der Waals surface area contributed by atoms with Crippen LogP contribution in [0.15, 0.2) is 17.5 Å². The zero-order chi connectivity index (χ0) is 16.2. The van der Waals surface area contributed by atoms with Gasteiger partial charge in [-0.2, -0.15) is 0 Å². The molecule has 2 heterocycles. The lowest BCUT2D eigenvalue weighted by molar-refractivity contribution is 0.186. The van der Waals surface area contributed by atoms with Crippen molar-refractivity contribution in [1.29, 1.82) is 0 Å². The van der Waals surface area contributed by atoms with Gasteiger partial charge < -0.3 is 10.2 Å². The van der Waals surface area contributed by atoms with Gasteiger partial charge in [-0.05, 0) is 30.2 Å². The van der Waals surface area contributed by atoms with E-state index in [1.807, 2.05) is 31.4 Å². The molecular weight excluding hydrogens is 320 g/mol. The molecule has 1 aliphatic rings. The Morgan fingerprint density at radius 1 is 1.41 bits per heavy atom. The number of hydrogen-bond acceptors (Lipinski definition) is 4. The predicted molar refractivity (Wildman–Crippen MR) is 89.8 cm³/mol. The Hall–Kier alpha value is -1.08. The van der Waals surface area contributed by atoms with Crippen LogP contribution in [-0.4, -0.2) is 43.4 Å². The van der Waals surface area contributed by atoms with E-state index in [0.717, 1.165) is 4.88 Å². The summed E-state index contributed by atoms with van der Waals surface area (Å²) >= 11 is 1.61. The van der Waals surface area contributed by atoms with Gasteiger partial charge in [0.05, 0.1) is 17.5 Å². The molecule has 0 unspecified atom stereocenters. The quantitative estimate of drug-likeness (QED) is 0.892. The first-order valence-corrected chi connectivity index (χ1v) is 10.2. The Morgan fingerprint density at radius 2 is 2.09 bits per heavy atom. The molecule has 124 valence electrons. The van der Waals surface area contributed by atoms with E-state index < -0.39 is 9.84 Å². The number of carbonyl (C=O) groups excluding carboxylic acids is 1. The molecule has 0 atom stereocenters. The van der Waals surface area contributed by atoms with E-state index in [1.165, 1.54) is 0 Å². The van der Waals surface area contributed by atoms with Gasteiger partial charge in [-0.15, -0.1) is 11.3 Å². The number of carbonyl (C=O) groups is 1. The minimum absolute atomic E-state index is 0.104. The van der Waals surface area contributed by atoms with E-state index in [4.69, 9.17) is 0 Å². The fraction of sp³-hybridized carbons (Fsp3) is 0.667. The maximum atomic E-state index is 12.2. The average molecular weight is 345 g/mol. The molecule has 1 aliphatic heterocycles. The van der Waals surface area contributed by atoms with Crippen LogP contribution in [-0.2, 0) is 16.4 Å². The van der Waals surface area contributed by atoms with E-state index in [-0.39, 0.29) is 23.0 Å². The minimum Gasteiger partial charge on any atom is -0.333 e. The summed E-state index contributed by atoms with van der Waals surface area (Å²) in [6.45, 7) is 5.40. The third-order valence-corrected chi connectivity index (χ3v) is 7.29. The topological polar surface area (TPSA) is 66.5 Å². The molecule has 0 spiro atoms. The summed E-state index contributed by atoms with van der Waals surface area (Å²) in [6, 6.07) is 3.83. The zero-order valence-corrected chi connectivity index (χ0v) is 14.8. The second-order valence-corrected chi connectivity index (χ2v) is 9.51. The van der Waals surface area contributed by atoms with Crippen molar-refractivity contribution in [1.82, 2.24) is 10.2 Å². The van der Waals surface area contributed by atoms with Crippen LogP contribution in [0.3, 0.4) is 0 Å². The van der Waals surface area contributed by atoms with E-state index in [0.29, 0.717) is 32.5 Å². The van der Waals surface area contributed by atoms with Gasteiger partial charge in [0.15, 0.2) is 9.84 Å². The molecule has 0 bridgehead atoms. The van der Waals surface area contributed by atoms with Gasteiger partial charge in [0, 0.05) is 18.0 Å². The highest BCUT2D eigenvalue weighted by Gasteiger charge is 2.31. The highest BCUT2D eigenvalue weighted by atomic mass is 32.2. The van der Waals surface area contributed by atoms with Crippen molar-refractivity contribution >= 4 is 27.2 Å². The van der Waals surface area contributed by atoms with E-state index in [2.05, 4.69) is 5.32 Å². The van der Waals surface area contributed by atoms with Crippen molar-refractivity contribution < 1.29 is 13.2 Å². The Kier molecular flexibility index (Phi) is 5.86. The third kappa shape index (κ3) is 4.71. The number of amides is 2. The number of likely N-dealkylation sites (tertiary alicyclic amines) is 1. The molecule has 7 heteroatoms. The van der Waals surface area contributed by atoms with Crippen LogP contribution in [0.25, 0.3) is 0 Å². The molecule has 1 aromatic rings. The molecule has 0 aliphatic carbocycles. The number of thiophene rings is 1. The maximum Gasteiger partial charge on any atom is 0.317 e. The van der Waals surface area contributed by atoms with Crippen molar-refractivity contribution in [3.05, 3.63) is 22.4 Å². The molecule has 0 radical (unpaired) electrons. The summed E-state index contributed by atoms with van der Waals surface area (Å²) in [5.74, 6) is 0.388. The molecule has 0 aromatic carbocycles. The summed E-state index contributed by atoms with van der Waals surface area (Å²) in [7, 11) is -3.04. The summed E-state index contributed by atoms with van der Waals surface area (Å²) in [5.41, 5.74) is 0. The molecule has 1 N–H and O–H groups in total. The van der Waals surface area contributed by atoms with Crippen LogP contribution in [0.2, 0.25) is 0 Å². The lowest BCUT2D eigenvalue weighted by Crippen LogP contribution is -2.47. The summed E-state index contributed by atoms with van der Waals surface area (Å²) in [5, 5.41) is 4.57. The maximum absolute atomic E-state index is 12.2. The Labute approximate surface area is 136 Å².